The van der Waals surface area contributed by atoms with Crippen molar-refractivity contribution < 1.29 is 4.39 Å². The summed E-state index contributed by atoms with van der Waals surface area (Å²) in [5.74, 6) is 0.131. The fourth-order valence-corrected chi connectivity index (χ4v) is 2.06. The van der Waals surface area contributed by atoms with Crippen molar-refractivity contribution in [1.82, 2.24) is 0 Å². The smallest absolute Gasteiger partial charge is 0.128 e. The number of hydrogen-bond donors (Lipinski definition) is 2. The molecule has 0 saturated carbocycles. The Hall–Kier alpha value is -2.03. The molecule has 0 aliphatic rings. The Balaban J connectivity index is 2.39. The van der Waals surface area contributed by atoms with E-state index in [1.807, 2.05) is 18.2 Å². The van der Waals surface area contributed by atoms with E-state index in [4.69, 9.17) is 5.73 Å². The van der Waals surface area contributed by atoms with Crippen molar-refractivity contribution in [1.29, 1.82) is 0 Å². The number of benzene rings is 2. The molecule has 100 valence electrons. The van der Waals surface area contributed by atoms with Crippen LogP contribution in [0.3, 0.4) is 0 Å². The van der Waals surface area contributed by atoms with Crippen molar-refractivity contribution in [3.05, 3.63) is 53.3 Å². The lowest BCUT2D eigenvalue weighted by Gasteiger charge is -2.16. The highest BCUT2D eigenvalue weighted by Gasteiger charge is 2.09. The van der Waals surface area contributed by atoms with Gasteiger partial charge in [-0.2, -0.15) is 0 Å². The molecule has 3 heteroatoms. The molecule has 2 rings (SSSR count). The molecule has 2 nitrogen and oxygen atoms in total. The fourth-order valence-electron chi connectivity index (χ4n) is 2.06. The number of nitrogens with two attached hydrogens (primary N) is 1. The highest BCUT2D eigenvalue weighted by Crippen LogP contribution is 2.30. The standard InChI is InChI=1S/C16H19FN2/c1-10(2)12-6-4-5-7-15(12)19-16-8-11(3)13(17)9-14(16)18/h4-10,19H,18H2,1-3H3. The number of para-hydroxylation sites is 1. The maximum absolute atomic E-state index is 13.4. The third-order valence-corrected chi connectivity index (χ3v) is 3.18. The molecule has 0 radical (unpaired) electrons. The molecule has 2 aromatic rings. The van der Waals surface area contributed by atoms with Crippen LogP contribution in [0.1, 0.15) is 30.9 Å². The summed E-state index contributed by atoms with van der Waals surface area (Å²) in [4.78, 5) is 0. The summed E-state index contributed by atoms with van der Waals surface area (Å²) in [5.41, 5.74) is 9.83. The number of nitrogens with one attached hydrogen (secondary N) is 1. The number of anilines is 3. The van der Waals surface area contributed by atoms with Gasteiger partial charge in [0.15, 0.2) is 0 Å². The molecule has 2 aromatic carbocycles. The number of nitrogen functional groups attached to an aromatic ring is 1. The van der Waals surface area contributed by atoms with Gasteiger partial charge in [-0.05, 0) is 42.2 Å². The average molecular weight is 258 g/mol. The van der Waals surface area contributed by atoms with E-state index >= 15 is 0 Å². The van der Waals surface area contributed by atoms with E-state index in [1.165, 1.54) is 11.6 Å². The van der Waals surface area contributed by atoms with Gasteiger partial charge < -0.3 is 11.1 Å². The van der Waals surface area contributed by atoms with Crippen LogP contribution in [0.25, 0.3) is 0 Å². The normalized spacial score (nSPS) is 10.8. The minimum Gasteiger partial charge on any atom is -0.397 e. The highest BCUT2D eigenvalue weighted by atomic mass is 19.1. The summed E-state index contributed by atoms with van der Waals surface area (Å²) in [7, 11) is 0. The Morgan fingerprint density at radius 1 is 1.11 bits per heavy atom. The summed E-state index contributed by atoms with van der Waals surface area (Å²) in [6.07, 6.45) is 0. The molecule has 0 atom stereocenters. The van der Waals surface area contributed by atoms with Gasteiger partial charge in [0.2, 0.25) is 0 Å². The Morgan fingerprint density at radius 3 is 2.47 bits per heavy atom. The average Bonchev–Trinajstić information content (AvgIpc) is 2.36. The molecule has 0 aromatic heterocycles. The molecule has 0 heterocycles. The maximum atomic E-state index is 13.4. The zero-order valence-corrected chi connectivity index (χ0v) is 11.5. The zero-order valence-electron chi connectivity index (χ0n) is 11.5. The number of halogens is 1. The van der Waals surface area contributed by atoms with Gasteiger partial charge in [0, 0.05) is 5.69 Å². The van der Waals surface area contributed by atoms with E-state index in [2.05, 4.69) is 25.2 Å². The fraction of sp³-hybridized carbons (Fsp3) is 0.250. The van der Waals surface area contributed by atoms with Crippen molar-refractivity contribution in [3.63, 3.8) is 0 Å². The van der Waals surface area contributed by atoms with Crippen molar-refractivity contribution in [3.8, 4) is 0 Å². The van der Waals surface area contributed by atoms with Crippen LogP contribution >= 0.6 is 0 Å². The first kappa shape index (κ1) is 13.4. The molecule has 19 heavy (non-hydrogen) atoms. The number of hydrogen-bond acceptors (Lipinski definition) is 2. The third-order valence-electron chi connectivity index (χ3n) is 3.18. The van der Waals surface area contributed by atoms with Gasteiger partial charge >= 0.3 is 0 Å². The monoisotopic (exact) mass is 258 g/mol. The highest BCUT2D eigenvalue weighted by molar-refractivity contribution is 5.74. The van der Waals surface area contributed by atoms with Gasteiger partial charge in [0.1, 0.15) is 5.82 Å². The molecule has 0 fully saturated rings. The quantitative estimate of drug-likeness (QED) is 0.791. The van der Waals surface area contributed by atoms with Crippen molar-refractivity contribution in [2.75, 3.05) is 11.1 Å². The molecule has 0 aliphatic carbocycles. The van der Waals surface area contributed by atoms with Crippen molar-refractivity contribution >= 4 is 17.1 Å². The Kier molecular flexibility index (Phi) is 3.74. The first-order chi connectivity index (χ1) is 8.99. The van der Waals surface area contributed by atoms with Crippen LogP contribution in [0.15, 0.2) is 36.4 Å². The predicted molar refractivity (Wildman–Crippen MR) is 79.4 cm³/mol. The van der Waals surface area contributed by atoms with Crippen LogP contribution in [-0.4, -0.2) is 0 Å². The molecule has 0 unspecified atom stereocenters. The first-order valence-electron chi connectivity index (χ1n) is 6.40. The minimum absolute atomic E-state index is 0.278. The van der Waals surface area contributed by atoms with Crippen LogP contribution in [0.5, 0.6) is 0 Å². The van der Waals surface area contributed by atoms with E-state index in [1.54, 1.807) is 13.0 Å². The molecule has 0 saturated heterocycles. The summed E-state index contributed by atoms with van der Waals surface area (Å²) in [5, 5.41) is 3.30. The molecule has 0 spiro atoms. The lowest BCUT2D eigenvalue weighted by atomic mass is 10.0. The first-order valence-corrected chi connectivity index (χ1v) is 6.40. The Morgan fingerprint density at radius 2 is 1.79 bits per heavy atom. The van der Waals surface area contributed by atoms with E-state index in [0.717, 1.165) is 11.4 Å². The van der Waals surface area contributed by atoms with Gasteiger partial charge in [-0.15, -0.1) is 0 Å². The lowest BCUT2D eigenvalue weighted by Crippen LogP contribution is -2.01. The summed E-state index contributed by atoms with van der Waals surface area (Å²) in [6.45, 7) is 6.01. The summed E-state index contributed by atoms with van der Waals surface area (Å²) in [6, 6.07) is 11.2. The zero-order chi connectivity index (χ0) is 14.0. The van der Waals surface area contributed by atoms with Crippen LogP contribution < -0.4 is 11.1 Å². The van der Waals surface area contributed by atoms with E-state index < -0.39 is 0 Å². The van der Waals surface area contributed by atoms with Crippen LogP contribution in [-0.2, 0) is 0 Å². The van der Waals surface area contributed by atoms with Crippen molar-refractivity contribution in [2.24, 2.45) is 0 Å². The number of aryl methyl sites for hydroxylation is 1. The van der Waals surface area contributed by atoms with Crippen LogP contribution in [0, 0.1) is 12.7 Å². The molecular formula is C16H19FN2. The van der Waals surface area contributed by atoms with Gasteiger partial charge in [-0.1, -0.05) is 32.0 Å². The maximum Gasteiger partial charge on any atom is 0.128 e. The predicted octanol–water partition coefficient (Wildman–Crippen LogP) is 4.58. The number of rotatable bonds is 3. The summed E-state index contributed by atoms with van der Waals surface area (Å²) >= 11 is 0. The largest absolute Gasteiger partial charge is 0.397 e. The molecule has 0 bridgehead atoms. The lowest BCUT2D eigenvalue weighted by molar-refractivity contribution is 0.619. The third kappa shape index (κ3) is 2.87. The molecule has 3 N–H and O–H groups in total. The SMILES string of the molecule is Cc1cc(Nc2ccccc2C(C)C)c(N)cc1F. The summed E-state index contributed by atoms with van der Waals surface area (Å²) < 4.78 is 13.4. The Labute approximate surface area is 113 Å². The van der Waals surface area contributed by atoms with Gasteiger partial charge in [0.25, 0.3) is 0 Å². The van der Waals surface area contributed by atoms with Crippen LogP contribution in [0.4, 0.5) is 21.5 Å². The van der Waals surface area contributed by atoms with E-state index in [9.17, 15) is 4.39 Å². The van der Waals surface area contributed by atoms with Gasteiger partial charge in [-0.25, -0.2) is 4.39 Å². The second-order valence-corrected chi connectivity index (χ2v) is 5.06. The van der Waals surface area contributed by atoms with Crippen LogP contribution in [0.2, 0.25) is 0 Å². The molecule has 0 amide bonds. The molecule has 0 aliphatic heterocycles. The second-order valence-electron chi connectivity index (χ2n) is 5.06. The van der Waals surface area contributed by atoms with Gasteiger partial charge in [0.05, 0.1) is 11.4 Å². The molecular weight excluding hydrogens is 239 g/mol. The van der Waals surface area contributed by atoms with E-state index in [0.29, 0.717) is 17.2 Å². The van der Waals surface area contributed by atoms with Crippen molar-refractivity contribution in [2.45, 2.75) is 26.7 Å². The Bertz CT molecular complexity index is 591. The van der Waals surface area contributed by atoms with Gasteiger partial charge in [-0.3, -0.25) is 0 Å². The van der Waals surface area contributed by atoms with E-state index in [-0.39, 0.29) is 5.82 Å². The minimum atomic E-state index is -0.278. The second kappa shape index (κ2) is 5.31. The topological polar surface area (TPSA) is 38.0 Å².